The second kappa shape index (κ2) is 8.33. The largest absolute Gasteiger partial charge is 0.444 e. The first kappa shape index (κ1) is 21.9. The molecule has 0 aliphatic carbocycles. The van der Waals surface area contributed by atoms with Crippen LogP contribution >= 0.6 is 0 Å². The van der Waals surface area contributed by atoms with Crippen LogP contribution in [0, 0.1) is 11.3 Å². The number of rotatable bonds is 4. The summed E-state index contributed by atoms with van der Waals surface area (Å²) < 4.78 is 31.5. The van der Waals surface area contributed by atoms with E-state index in [0.29, 0.717) is 58.5 Å². The number of sulfonamides is 1. The van der Waals surface area contributed by atoms with Crippen molar-refractivity contribution in [2.75, 3.05) is 45.0 Å². The third kappa shape index (κ3) is 5.33. The van der Waals surface area contributed by atoms with Gasteiger partial charge in [0, 0.05) is 39.3 Å². The Labute approximate surface area is 163 Å². The first-order chi connectivity index (χ1) is 12.5. The Balaban J connectivity index is 1.95. The van der Waals surface area contributed by atoms with Crippen LogP contribution in [0.5, 0.6) is 0 Å². The van der Waals surface area contributed by atoms with Crippen LogP contribution in [-0.4, -0.2) is 84.8 Å². The number of hydrogen-bond acceptors (Lipinski definition) is 6. The summed E-state index contributed by atoms with van der Waals surface area (Å²) in [6, 6.07) is 2.44. The molecule has 0 atom stereocenters. The summed E-state index contributed by atoms with van der Waals surface area (Å²) in [5.41, 5.74) is -1.18. The lowest BCUT2D eigenvalue weighted by atomic mass is 9.87. The summed E-state index contributed by atoms with van der Waals surface area (Å²) in [6.07, 6.45) is 1.26. The van der Waals surface area contributed by atoms with Crippen LogP contribution in [0.3, 0.4) is 0 Å². The number of amides is 1. The molecule has 0 aromatic heterocycles. The summed E-state index contributed by atoms with van der Waals surface area (Å²) in [4.78, 5) is 16.0. The van der Waals surface area contributed by atoms with Crippen molar-refractivity contribution in [3.63, 3.8) is 0 Å². The van der Waals surface area contributed by atoms with Crippen LogP contribution in [-0.2, 0) is 14.8 Å². The van der Waals surface area contributed by atoms with Gasteiger partial charge in [0.2, 0.25) is 10.0 Å². The molecule has 0 aromatic carbocycles. The molecule has 0 unspecified atom stereocenters. The van der Waals surface area contributed by atoms with Crippen molar-refractivity contribution in [1.29, 1.82) is 5.26 Å². The normalized spacial score (nSPS) is 22.3. The molecule has 1 amide bonds. The third-order valence-corrected chi connectivity index (χ3v) is 7.23. The Bertz CT molecular complexity index is 664. The molecule has 2 saturated heterocycles. The van der Waals surface area contributed by atoms with Gasteiger partial charge in [-0.25, -0.2) is 17.5 Å². The molecular weight excluding hydrogens is 368 g/mol. The molecule has 2 rings (SSSR count). The average Bonchev–Trinajstić information content (AvgIpc) is 2.60. The third-order valence-electron chi connectivity index (χ3n) is 5.15. The zero-order valence-electron chi connectivity index (χ0n) is 16.9. The lowest BCUT2D eigenvalue weighted by Crippen LogP contribution is -2.61. The van der Waals surface area contributed by atoms with Crippen molar-refractivity contribution >= 4 is 16.1 Å². The number of piperazine rings is 1. The lowest BCUT2D eigenvalue weighted by Gasteiger charge is -2.47. The van der Waals surface area contributed by atoms with E-state index in [2.05, 4.69) is 11.0 Å². The Hall–Kier alpha value is -1.37. The summed E-state index contributed by atoms with van der Waals surface area (Å²) in [6.45, 7) is 10.3. The zero-order valence-corrected chi connectivity index (χ0v) is 17.7. The first-order valence-corrected chi connectivity index (χ1v) is 11.3. The molecule has 2 aliphatic heterocycles. The second-order valence-corrected chi connectivity index (χ2v) is 10.4. The molecule has 0 saturated carbocycles. The molecular formula is C18H32N4O4S. The maximum atomic E-state index is 12.3. The predicted molar refractivity (Wildman–Crippen MR) is 103 cm³/mol. The Morgan fingerprint density at radius 2 is 1.67 bits per heavy atom. The number of ether oxygens (including phenoxy) is 1. The highest BCUT2D eigenvalue weighted by molar-refractivity contribution is 7.89. The van der Waals surface area contributed by atoms with E-state index in [1.807, 2.05) is 27.7 Å². The molecule has 2 heterocycles. The van der Waals surface area contributed by atoms with Gasteiger partial charge >= 0.3 is 6.09 Å². The monoisotopic (exact) mass is 400 g/mol. The van der Waals surface area contributed by atoms with E-state index >= 15 is 0 Å². The molecule has 27 heavy (non-hydrogen) atoms. The van der Waals surface area contributed by atoms with Gasteiger partial charge in [0.1, 0.15) is 11.1 Å². The van der Waals surface area contributed by atoms with Crippen molar-refractivity contribution in [3.8, 4) is 6.07 Å². The molecule has 0 bridgehead atoms. The SMILES string of the molecule is CCCS(=O)(=O)N1CCC(C#N)(N2CCN(C(=O)OC(C)(C)C)CC2)CC1. The van der Waals surface area contributed by atoms with Crippen LogP contribution in [0.2, 0.25) is 0 Å². The van der Waals surface area contributed by atoms with E-state index in [0.717, 1.165) is 0 Å². The van der Waals surface area contributed by atoms with E-state index in [1.54, 1.807) is 4.90 Å². The topological polar surface area (TPSA) is 94.0 Å². The molecule has 2 fully saturated rings. The number of carbonyl (C=O) groups is 1. The number of piperidine rings is 1. The fourth-order valence-electron chi connectivity index (χ4n) is 3.66. The molecule has 2 aliphatic rings. The molecule has 0 spiro atoms. The van der Waals surface area contributed by atoms with E-state index in [-0.39, 0.29) is 11.8 Å². The van der Waals surface area contributed by atoms with Gasteiger partial charge in [-0.1, -0.05) is 6.92 Å². The standard InChI is InChI=1S/C18H32N4O4S/c1-5-14-27(24,25)22-8-6-18(15-19,7-9-22)21-12-10-20(11-13-21)16(23)26-17(2,3)4/h5-14H2,1-4H3. The molecule has 8 nitrogen and oxygen atoms in total. The fraction of sp³-hybridized carbons (Fsp3) is 0.889. The number of hydrogen-bond donors (Lipinski definition) is 0. The molecule has 0 N–H and O–H groups in total. The fourth-order valence-corrected chi connectivity index (χ4v) is 5.18. The maximum absolute atomic E-state index is 12.3. The van der Waals surface area contributed by atoms with Gasteiger partial charge in [0.15, 0.2) is 0 Å². The van der Waals surface area contributed by atoms with Crippen LogP contribution in [0.15, 0.2) is 0 Å². The number of nitrogens with zero attached hydrogens (tertiary/aromatic N) is 4. The van der Waals surface area contributed by atoms with Crippen molar-refractivity contribution in [2.24, 2.45) is 0 Å². The summed E-state index contributed by atoms with van der Waals surface area (Å²) in [5, 5.41) is 9.85. The van der Waals surface area contributed by atoms with Gasteiger partial charge in [0.25, 0.3) is 0 Å². The van der Waals surface area contributed by atoms with Gasteiger partial charge in [-0.3, -0.25) is 4.90 Å². The quantitative estimate of drug-likeness (QED) is 0.712. The van der Waals surface area contributed by atoms with Crippen molar-refractivity contribution in [3.05, 3.63) is 0 Å². The average molecular weight is 401 g/mol. The second-order valence-electron chi connectivity index (χ2n) is 8.31. The first-order valence-electron chi connectivity index (χ1n) is 9.65. The minimum absolute atomic E-state index is 0.154. The predicted octanol–water partition coefficient (Wildman–Crippen LogP) is 1.64. The molecule has 0 aromatic rings. The highest BCUT2D eigenvalue weighted by atomic mass is 32.2. The molecule has 154 valence electrons. The minimum atomic E-state index is -3.22. The highest BCUT2D eigenvalue weighted by Crippen LogP contribution is 2.31. The van der Waals surface area contributed by atoms with Gasteiger partial charge in [-0.05, 0) is 40.0 Å². The van der Waals surface area contributed by atoms with Gasteiger partial charge < -0.3 is 9.64 Å². The maximum Gasteiger partial charge on any atom is 0.410 e. The van der Waals surface area contributed by atoms with Crippen LogP contribution < -0.4 is 0 Å². The smallest absolute Gasteiger partial charge is 0.410 e. The van der Waals surface area contributed by atoms with Crippen LogP contribution in [0.4, 0.5) is 4.79 Å². The lowest BCUT2D eigenvalue weighted by molar-refractivity contribution is -0.00202. The van der Waals surface area contributed by atoms with E-state index < -0.39 is 21.2 Å². The Morgan fingerprint density at radius 1 is 1.11 bits per heavy atom. The number of nitriles is 1. The Morgan fingerprint density at radius 3 is 2.11 bits per heavy atom. The van der Waals surface area contributed by atoms with Crippen molar-refractivity contribution in [2.45, 2.75) is 58.1 Å². The summed E-state index contributed by atoms with van der Waals surface area (Å²) in [7, 11) is -3.22. The molecule has 9 heteroatoms. The van der Waals surface area contributed by atoms with E-state index in [1.165, 1.54) is 4.31 Å². The van der Waals surface area contributed by atoms with Crippen molar-refractivity contribution < 1.29 is 17.9 Å². The van der Waals surface area contributed by atoms with Crippen molar-refractivity contribution in [1.82, 2.24) is 14.1 Å². The van der Waals surface area contributed by atoms with Gasteiger partial charge in [0.05, 0.1) is 11.8 Å². The van der Waals surface area contributed by atoms with E-state index in [4.69, 9.17) is 4.74 Å². The minimum Gasteiger partial charge on any atom is -0.444 e. The highest BCUT2D eigenvalue weighted by Gasteiger charge is 2.44. The summed E-state index contributed by atoms with van der Waals surface area (Å²) >= 11 is 0. The van der Waals surface area contributed by atoms with Crippen LogP contribution in [0.1, 0.15) is 47.0 Å². The molecule has 0 radical (unpaired) electrons. The number of carbonyl (C=O) groups excluding carboxylic acids is 1. The van der Waals surface area contributed by atoms with Gasteiger partial charge in [-0.2, -0.15) is 5.26 Å². The summed E-state index contributed by atoms with van der Waals surface area (Å²) in [5.74, 6) is 0.154. The Kier molecular flexibility index (Phi) is 6.77. The van der Waals surface area contributed by atoms with Gasteiger partial charge in [-0.15, -0.1) is 0 Å². The van der Waals surface area contributed by atoms with Crippen LogP contribution in [0.25, 0.3) is 0 Å². The zero-order chi connectivity index (χ0) is 20.3. The van der Waals surface area contributed by atoms with E-state index in [9.17, 15) is 18.5 Å².